The quantitative estimate of drug-likeness (QED) is 0.634. The first kappa shape index (κ1) is 13.2. The number of hydrogen-bond acceptors (Lipinski definition) is 4. The fourth-order valence-electron chi connectivity index (χ4n) is 2.02. The Morgan fingerprint density at radius 1 is 1.37 bits per heavy atom. The molecule has 19 heavy (non-hydrogen) atoms. The van der Waals surface area contributed by atoms with E-state index in [4.69, 9.17) is 5.11 Å². The van der Waals surface area contributed by atoms with Crippen LogP contribution in [0.2, 0.25) is 0 Å². The van der Waals surface area contributed by atoms with Gasteiger partial charge in [0.05, 0.1) is 17.7 Å². The van der Waals surface area contributed by atoms with Crippen molar-refractivity contribution in [2.75, 3.05) is 24.6 Å². The van der Waals surface area contributed by atoms with Crippen LogP contribution < -0.4 is 4.90 Å². The van der Waals surface area contributed by atoms with Gasteiger partial charge in [-0.15, -0.1) is 6.58 Å². The second-order valence-electron chi connectivity index (χ2n) is 4.17. The van der Waals surface area contributed by atoms with E-state index < -0.39 is 0 Å². The van der Waals surface area contributed by atoms with E-state index in [0.29, 0.717) is 24.5 Å². The molecule has 0 atom stereocenters. The number of nitrogens with zero attached hydrogens (tertiary/aromatic N) is 2. The van der Waals surface area contributed by atoms with Crippen LogP contribution in [0.4, 0.5) is 5.82 Å². The van der Waals surface area contributed by atoms with Crippen LogP contribution in [0.25, 0.3) is 10.9 Å². The lowest BCUT2D eigenvalue weighted by Gasteiger charge is -2.22. The monoisotopic (exact) mass is 256 g/mol. The third-order valence-corrected chi connectivity index (χ3v) is 2.88. The Bertz CT molecular complexity index is 596. The van der Waals surface area contributed by atoms with Gasteiger partial charge in [-0.05, 0) is 12.1 Å². The number of anilines is 1. The second kappa shape index (κ2) is 6.11. The van der Waals surface area contributed by atoms with Gasteiger partial charge in [0.25, 0.3) is 0 Å². The van der Waals surface area contributed by atoms with Gasteiger partial charge in [-0.25, -0.2) is 4.98 Å². The Morgan fingerprint density at radius 2 is 2.16 bits per heavy atom. The van der Waals surface area contributed by atoms with Crippen molar-refractivity contribution in [3.63, 3.8) is 0 Å². The lowest BCUT2D eigenvalue weighted by Crippen LogP contribution is -2.28. The smallest absolute Gasteiger partial charge is 0.153 e. The number of carbonyl (C=O) groups excluding carboxylic acids is 1. The Hall–Kier alpha value is -2.20. The molecule has 0 bridgehead atoms. The summed E-state index contributed by atoms with van der Waals surface area (Å²) in [5.41, 5.74) is 1.35. The maximum absolute atomic E-state index is 11.2. The Morgan fingerprint density at radius 3 is 2.84 bits per heavy atom. The van der Waals surface area contributed by atoms with Gasteiger partial charge in [-0.2, -0.15) is 0 Å². The first-order valence-electron chi connectivity index (χ1n) is 6.12. The van der Waals surface area contributed by atoms with Crippen LogP contribution in [-0.4, -0.2) is 36.1 Å². The zero-order chi connectivity index (χ0) is 13.7. The molecule has 0 unspecified atom stereocenters. The van der Waals surface area contributed by atoms with E-state index in [9.17, 15) is 4.79 Å². The number of benzene rings is 1. The number of hydrogen-bond donors (Lipinski definition) is 1. The molecule has 1 aromatic carbocycles. The molecule has 0 radical (unpaired) electrons. The molecule has 4 nitrogen and oxygen atoms in total. The fraction of sp³-hybridized carbons (Fsp3) is 0.200. The highest BCUT2D eigenvalue weighted by Crippen LogP contribution is 2.22. The number of aromatic nitrogens is 1. The van der Waals surface area contributed by atoms with Crippen LogP contribution in [0.5, 0.6) is 0 Å². The lowest BCUT2D eigenvalue weighted by atomic mass is 10.1. The summed E-state index contributed by atoms with van der Waals surface area (Å²) >= 11 is 0. The van der Waals surface area contributed by atoms with Crippen molar-refractivity contribution < 1.29 is 9.90 Å². The molecule has 0 aliphatic rings. The van der Waals surface area contributed by atoms with Crippen molar-refractivity contribution in [1.29, 1.82) is 0 Å². The van der Waals surface area contributed by atoms with Gasteiger partial charge in [-0.3, -0.25) is 4.79 Å². The number of aliphatic hydroxyl groups excluding tert-OH is 1. The van der Waals surface area contributed by atoms with Crippen molar-refractivity contribution in [2.45, 2.75) is 0 Å². The lowest BCUT2D eigenvalue weighted by molar-refractivity contribution is 0.112. The van der Waals surface area contributed by atoms with Gasteiger partial charge in [0.2, 0.25) is 0 Å². The van der Waals surface area contributed by atoms with Crippen LogP contribution in [-0.2, 0) is 0 Å². The highest BCUT2D eigenvalue weighted by molar-refractivity contribution is 5.91. The number of para-hydroxylation sites is 1. The molecule has 1 N–H and O–H groups in total. The minimum Gasteiger partial charge on any atom is -0.395 e. The number of aldehydes is 1. The van der Waals surface area contributed by atoms with Crippen LogP contribution in [0.15, 0.2) is 43.0 Å². The number of rotatable bonds is 6. The first-order valence-corrected chi connectivity index (χ1v) is 6.12. The van der Waals surface area contributed by atoms with Crippen molar-refractivity contribution in [2.24, 2.45) is 0 Å². The molecule has 0 aliphatic heterocycles. The Balaban J connectivity index is 2.55. The molecule has 0 spiro atoms. The molecular weight excluding hydrogens is 240 g/mol. The predicted molar refractivity (Wildman–Crippen MR) is 76.6 cm³/mol. The van der Waals surface area contributed by atoms with E-state index in [2.05, 4.69) is 11.6 Å². The summed E-state index contributed by atoms with van der Waals surface area (Å²) in [6.45, 7) is 4.64. The average molecular weight is 256 g/mol. The molecule has 1 heterocycles. The summed E-state index contributed by atoms with van der Waals surface area (Å²) in [5.74, 6) is 0.586. The number of pyridine rings is 1. The highest BCUT2D eigenvalue weighted by atomic mass is 16.3. The van der Waals surface area contributed by atoms with E-state index in [-0.39, 0.29) is 6.61 Å². The third kappa shape index (κ3) is 2.80. The molecule has 0 fully saturated rings. The topological polar surface area (TPSA) is 53.4 Å². The van der Waals surface area contributed by atoms with Crippen molar-refractivity contribution >= 4 is 23.0 Å². The molecule has 4 heteroatoms. The van der Waals surface area contributed by atoms with E-state index in [1.807, 2.05) is 35.2 Å². The Labute approximate surface area is 112 Å². The van der Waals surface area contributed by atoms with Gasteiger partial charge in [0.15, 0.2) is 6.29 Å². The average Bonchev–Trinajstić information content (AvgIpc) is 2.45. The molecule has 0 saturated heterocycles. The van der Waals surface area contributed by atoms with Crippen LogP contribution >= 0.6 is 0 Å². The number of carbonyl (C=O) groups is 1. The van der Waals surface area contributed by atoms with E-state index in [0.717, 1.165) is 17.2 Å². The summed E-state index contributed by atoms with van der Waals surface area (Å²) in [4.78, 5) is 17.6. The number of aliphatic hydroxyl groups is 1. The van der Waals surface area contributed by atoms with Gasteiger partial charge in [0, 0.05) is 18.5 Å². The third-order valence-electron chi connectivity index (χ3n) is 2.88. The minimum absolute atomic E-state index is 0.000639. The summed E-state index contributed by atoms with van der Waals surface area (Å²) in [6, 6.07) is 9.46. The summed E-state index contributed by atoms with van der Waals surface area (Å²) in [6.07, 6.45) is 2.52. The van der Waals surface area contributed by atoms with E-state index in [1.54, 1.807) is 6.08 Å². The van der Waals surface area contributed by atoms with Gasteiger partial charge < -0.3 is 10.0 Å². The minimum atomic E-state index is 0.000639. The SMILES string of the molecule is C=CCN(CCO)c1nc2ccccc2cc1C=O. The maximum Gasteiger partial charge on any atom is 0.153 e. The molecule has 0 aliphatic carbocycles. The molecule has 2 aromatic rings. The number of fused-ring (bicyclic) bond motifs is 1. The molecule has 2 rings (SSSR count). The second-order valence-corrected chi connectivity index (χ2v) is 4.17. The normalized spacial score (nSPS) is 10.4. The molecular formula is C15H16N2O2. The van der Waals surface area contributed by atoms with Crippen molar-refractivity contribution in [1.82, 2.24) is 4.98 Å². The predicted octanol–water partition coefficient (Wildman–Crippen LogP) is 2.03. The summed E-state index contributed by atoms with van der Waals surface area (Å²) < 4.78 is 0. The Kier molecular flexibility index (Phi) is 4.26. The largest absolute Gasteiger partial charge is 0.395 e. The summed E-state index contributed by atoms with van der Waals surface area (Å²) in [7, 11) is 0. The fourth-order valence-corrected chi connectivity index (χ4v) is 2.02. The molecule has 1 aromatic heterocycles. The maximum atomic E-state index is 11.2. The van der Waals surface area contributed by atoms with Gasteiger partial charge in [-0.1, -0.05) is 24.3 Å². The summed E-state index contributed by atoms with van der Waals surface area (Å²) in [5, 5.41) is 10.0. The van der Waals surface area contributed by atoms with E-state index >= 15 is 0 Å². The molecule has 0 amide bonds. The standard InChI is InChI=1S/C15H16N2O2/c1-2-7-17(8-9-18)15-13(11-19)10-12-5-3-4-6-14(12)16-15/h2-6,10-11,18H,1,7-9H2. The van der Waals surface area contributed by atoms with Gasteiger partial charge in [0.1, 0.15) is 5.82 Å². The highest BCUT2D eigenvalue weighted by Gasteiger charge is 2.12. The zero-order valence-electron chi connectivity index (χ0n) is 10.6. The first-order chi connectivity index (χ1) is 9.30. The van der Waals surface area contributed by atoms with E-state index in [1.165, 1.54) is 0 Å². The van der Waals surface area contributed by atoms with Crippen molar-refractivity contribution in [3.8, 4) is 0 Å². The van der Waals surface area contributed by atoms with Crippen LogP contribution in [0, 0.1) is 0 Å². The van der Waals surface area contributed by atoms with Crippen LogP contribution in [0.3, 0.4) is 0 Å². The van der Waals surface area contributed by atoms with Gasteiger partial charge >= 0.3 is 0 Å². The van der Waals surface area contributed by atoms with Crippen molar-refractivity contribution in [3.05, 3.63) is 48.6 Å². The van der Waals surface area contributed by atoms with Crippen LogP contribution in [0.1, 0.15) is 10.4 Å². The zero-order valence-corrected chi connectivity index (χ0v) is 10.6. The molecule has 0 saturated carbocycles. The molecule has 98 valence electrons.